The first-order valence-electron chi connectivity index (χ1n) is 6.95. The van der Waals surface area contributed by atoms with Gasteiger partial charge in [0.25, 0.3) is 5.91 Å². The Hall–Kier alpha value is -2.74. The molecule has 1 amide bonds. The number of sulfone groups is 1. The van der Waals surface area contributed by atoms with Crippen molar-refractivity contribution in [1.82, 2.24) is 4.98 Å². The van der Waals surface area contributed by atoms with Crippen molar-refractivity contribution in [3.63, 3.8) is 0 Å². The summed E-state index contributed by atoms with van der Waals surface area (Å²) in [5, 5.41) is 11.5. The number of rotatable bonds is 5. The molecule has 0 aliphatic rings. The van der Waals surface area contributed by atoms with E-state index in [2.05, 4.69) is 10.3 Å². The highest BCUT2D eigenvalue weighted by Crippen LogP contribution is 2.21. The molecule has 126 valence electrons. The standard InChI is InChI=1S/C16H16N2O5S/c1-10-11(9-24(2,22)23)5-3-6-12(10)18-15(19)13-7-4-8-14(17-13)16(20)21/h3-8H,9H2,1-2H3,(H,18,19)(H,20,21). The Kier molecular flexibility index (Phi) is 4.99. The van der Waals surface area contributed by atoms with Crippen LogP contribution in [0.4, 0.5) is 5.69 Å². The summed E-state index contributed by atoms with van der Waals surface area (Å²) in [6.07, 6.45) is 1.14. The molecule has 0 aliphatic heterocycles. The van der Waals surface area contributed by atoms with Crippen molar-refractivity contribution >= 4 is 27.4 Å². The maximum atomic E-state index is 12.3. The Morgan fingerprint density at radius 2 is 1.75 bits per heavy atom. The van der Waals surface area contributed by atoms with Gasteiger partial charge in [-0.25, -0.2) is 18.2 Å². The maximum Gasteiger partial charge on any atom is 0.354 e. The molecule has 1 aromatic carbocycles. The van der Waals surface area contributed by atoms with Crippen LogP contribution in [-0.2, 0) is 15.6 Å². The quantitative estimate of drug-likeness (QED) is 0.853. The number of carboxylic acids is 1. The largest absolute Gasteiger partial charge is 0.477 e. The molecule has 0 saturated carbocycles. The van der Waals surface area contributed by atoms with Crippen LogP contribution < -0.4 is 5.32 Å². The summed E-state index contributed by atoms with van der Waals surface area (Å²) in [6, 6.07) is 9.08. The second-order valence-corrected chi connectivity index (χ2v) is 7.47. The van der Waals surface area contributed by atoms with Gasteiger partial charge >= 0.3 is 5.97 Å². The zero-order chi connectivity index (χ0) is 17.9. The number of carbonyl (C=O) groups is 2. The molecule has 24 heavy (non-hydrogen) atoms. The van der Waals surface area contributed by atoms with E-state index in [1.807, 2.05) is 0 Å². The van der Waals surface area contributed by atoms with Crippen LogP contribution in [0.2, 0.25) is 0 Å². The molecule has 0 bridgehead atoms. The smallest absolute Gasteiger partial charge is 0.354 e. The van der Waals surface area contributed by atoms with Crippen molar-refractivity contribution in [3.8, 4) is 0 Å². The minimum Gasteiger partial charge on any atom is -0.477 e. The Balaban J connectivity index is 2.28. The zero-order valence-electron chi connectivity index (χ0n) is 13.1. The lowest BCUT2D eigenvalue weighted by Gasteiger charge is -2.12. The SMILES string of the molecule is Cc1c(CS(C)(=O)=O)cccc1NC(=O)c1cccc(C(=O)O)n1. The molecule has 1 aromatic heterocycles. The normalized spacial score (nSPS) is 11.1. The van der Waals surface area contributed by atoms with E-state index in [4.69, 9.17) is 5.11 Å². The molecule has 0 radical (unpaired) electrons. The van der Waals surface area contributed by atoms with Crippen molar-refractivity contribution < 1.29 is 23.1 Å². The Labute approximate surface area is 139 Å². The van der Waals surface area contributed by atoms with Gasteiger partial charge in [0.2, 0.25) is 0 Å². The molecule has 0 aliphatic carbocycles. The van der Waals surface area contributed by atoms with Crippen molar-refractivity contribution in [3.05, 3.63) is 58.9 Å². The number of nitrogens with one attached hydrogen (secondary N) is 1. The number of aromatic carboxylic acids is 1. The molecule has 0 fully saturated rings. The van der Waals surface area contributed by atoms with Crippen LogP contribution in [-0.4, -0.2) is 36.6 Å². The number of aromatic nitrogens is 1. The van der Waals surface area contributed by atoms with E-state index in [-0.39, 0.29) is 17.1 Å². The van der Waals surface area contributed by atoms with E-state index >= 15 is 0 Å². The van der Waals surface area contributed by atoms with Crippen molar-refractivity contribution in [2.45, 2.75) is 12.7 Å². The van der Waals surface area contributed by atoms with Gasteiger partial charge in [-0.1, -0.05) is 18.2 Å². The summed E-state index contributed by atoms with van der Waals surface area (Å²) >= 11 is 0. The van der Waals surface area contributed by atoms with E-state index in [0.29, 0.717) is 16.8 Å². The highest BCUT2D eigenvalue weighted by molar-refractivity contribution is 7.89. The third-order valence-electron chi connectivity index (χ3n) is 3.31. The molecule has 0 unspecified atom stereocenters. The average Bonchev–Trinajstić information content (AvgIpc) is 2.50. The van der Waals surface area contributed by atoms with Crippen LogP contribution in [0.5, 0.6) is 0 Å². The summed E-state index contributed by atoms with van der Waals surface area (Å²) < 4.78 is 22.9. The first kappa shape index (κ1) is 17.6. The molecule has 2 rings (SSSR count). The lowest BCUT2D eigenvalue weighted by Crippen LogP contribution is -2.16. The highest BCUT2D eigenvalue weighted by Gasteiger charge is 2.14. The van der Waals surface area contributed by atoms with Crippen molar-refractivity contribution in [2.75, 3.05) is 11.6 Å². The summed E-state index contributed by atoms with van der Waals surface area (Å²) in [7, 11) is -3.20. The number of hydrogen-bond donors (Lipinski definition) is 2. The van der Waals surface area contributed by atoms with Gasteiger partial charge in [-0.2, -0.15) is 0 Å². The number of amides is 1. The Morgan fingerprint density at radius 3 is 2.38 bits per heavy atom. The Bertz CT molecular complexity index is 906. The van der Waals surface area contributed by atoms with Gasteiger partial charge in [0.1, 0.15) is 11.4 Å². The molecule has 8 heteroatoms. The second-order valence-electron chi connectivity index (χ2n) is 5.33. The number of pyridine rings is 1. The van der Waals surface area contributed by atoms with Crippen LogP contribution in [0.1, 0.15) is 32.1 Å². The van der Waals surface area contributed by atoms with Gasteiger partial charge < -0.3 is 10.4 Å². The van der Waals surface area contributed by atoms with E-state index in [0.717, 1.165) is 6.26 Å². The van der Waals surface area contributed by atoms with Crippen LogP contribution >= 0.6 is 0 Å². The van der Waals surface area contributed by atoms with Crippen LogP contribution in [0.15, 0.2) is 36.4 Å². The lowest BCUT2D eigenvalue weighted by molar-refractivity contribution is 0.0690. The second kappa shape index (κ2) is 6.79. The first-order chi connectivity index (χ1) is 11.2. The van der Waals surface area contributed by atoms with E-state index < -0.39 is 21.7 Å². The molecule has 7 nitrogen and oxygen atoms in total. The van der Waals surface area contributed by atoms with Gasteiger partial charge in [-0.15, -0.1) is 0 Å². The molecular formula is C16H16N2O5S. The topological polar surface area (TPSA) is 113 Å². The third-order valence-corrected chi connectivity index (χ3v) is 4.15. The predicted octanol–water partition coefficient (Wildman–Crippen LogP) is 1.89. The summed E-state index contributed by atoms with van der Waals surface area (Å²) in [6.45, 7) is 1.71. The number of benzene rings is 1. The van der Waals surface area contributed by atoms with Crippen molar-refractivity contribution in [2.24, 2.45) is 0 Å². The maximum absolute atomic E-state index is 12.3. The van der Waals surface area contributed by atoms with Crippen LogP contribution in [0.3, 0.4) is 0 Å². The highest BCUT2D eigenvalue weighted by atomic mass is 32.2. The fourth-order valence-electron chi connectivity index (χ4n) is 2.12. The molecule has 0 saturated heterocycles. The number of anilines is 1. The summed E-state index contributed by atoms with van der Waals surface area (Å²) in [5.74, 6) is -1.93. The average molecular weight is 348 g/mol. The first-order valence-corrected chi connectivity index (χ1v) is 9.01. The third kappa shape index (κ3) is 4.39. The van der Waals surface area contributed by atoms with Gasteiger partial charge in [0, 0.05) is 11.9 Å². The number of carboxylic acid groups (broad SMARTS) is 1. The van der Waals surface area contributed by atoms with E-state index in [1.165, 1.54) is 18.2 Å². The van der Waals surface area contributed by atoms with Gasteiger partial charge in [0.05, 0.1) is 5.75 Å². The van der Waals surface area contributed by atoms with E-state index in [1.54, 1.807) is 25.1 Å². The van der Waals surface area contributed by atoms with E-state index in [9.17, 15) is 18.0 Å². The van der Waals surface area contributed by atoms with Crippen LogP contribution in [0, 0.1) is 6.92 Å². The predicted molar refractivity (Wildman–Crippen MR) is 88.9 cm³/mol. The Morgan fingerprint density at radius 1 is 1.12 bits per heavy atom. The fraction of sp³-hybridized carbons (Fsp3) is 0.188. The number of hydrogen-bond acceptors (Lipinski definition) is 5. The summed E-state index contributed by atoms with van der Waals surface area (Å²) in [4.78, 5) is 26.9. The minimum absolute atomic E-state index is 0.0391. The minimum atomic E-state index is -3.20. The molecule has 0 atom stereocenters. The molecule has 2 aromatic rings. The zero-order valence-corrected chi connectivity index (χ0v) is 13.9. The van der Waals surface area contributed by atoms with Crippen LogP contribution in [0.25, 0.3) is 0 Å². The number of carbonyl (C=O) groups excluding carboxylic acids is 1. The van der Waals surface area contributed by atoms with Gasteiger partial charge in [-0.3, -0.25) is 4.79 Å². The molecule has 1 heterocycles. The van der Waals surface area contributed by atoms with Crippen molar-refractivity contribution in [1.29, 1.82) is 0 Å². The molecular weight excluding hydrogens is 332 g/mol. The van der Waals surface area contributed by atoms with Gasteiger partial charge in [-0.05, 0) is 36.2 Å². The lowest BCUT2D eigenvalue weighted by atomic mass is 10.1. The fourth-order valence-corrected chi connectivity index (χ4v) is 3.00. The molecule has 2 N–H and O–H groups in total. The molecule has 0 spiro atoms. The monoisotopic (exact) mass is 348 g/mol. The van der Waals surface area contributed by atoms with Gasteiger partial charge in [0.15, 0.2) is 9.84 Å². The summed E-state index contributed by atoms with van der Waals surface area (Å²) in [5.41, 5.74) is 1.39. The number of nitrogens with zero attached hydrogens (tertiary/aromatic N) is 1.